The number of aromatic nitrogens is 2. The monoisotopic (exact) mass is 710 g/mol. The van der Waals surface area contributed by atoms with Crippen molar-refractivity contribution in [2.24, 2.45) is 20.0 Å². The number of nitrogens with zero attached hydrogens (tertiary/aromatic N) is 8. The van der Waals surface area contributed by atoms with Crippen LogP contribution in [0, 0.1) is 0 Å². The van der Waals surface area contributed by atoms with Crippen LogP contribution in [0.25, 0.3) is 21.5 Å². The molecule has 1 spiro atoms. The molecule has 15 heteroatoms. The van der Waals surface area contributed by atoms with Gasteiger partial charge in [0.1, 0.15) is 0 Å². The van der Waals surface area contributed by atoms with Crippen LogP contribution in [0.2, 0.25) is 20.1 Å². The van der Waals surface area contributed by atoms with Crippen molar-refractivity contribution in [2.45, 2.75) is 0 Å². The van der Waals surface area contributed by atoms with Gasteiger partial charge in [-0.15, -0.1) is 0 Å². The van der Waals surface area contributed by atoms with Crippen LogP contribution in [-0.2, 0) is 0 Å². The van der Waals surface area contributed by atoms with Crippen LogP contribution in [0.5, 0.6) is 0 Å². The second kappa shape index (κ2) is 7.03. The van der Waals surface area contributed by atoms with Gasteiger partial charge in [0.05, 0.1) is 0 Å². The number of hydrogen-bond donors (Lipinski definition) is 2. The Morgan fingerprint density at radius 2 is 1.00 bits per heavy atom. The molecule has 0 bridgehead atoms. The Morgan fingerprint density at radius 1 is 0.489 bits per heavy atom. The van der Waals surface area contributed by atoms with Gasteiger partial charge in [0.25, 0.3) is 0 Å². The number of hydrogen-bond acceptors (Lipinski definition) is 6. The summed E-state index contributed by atoms with van der Waals surface area (Å²) in [7, 11) is -7.24. The molecule has 0 fully saturated rings. The van der Waals surface area contributed by atoms with Gasteiger partial charge in [0.2, 0.25) is 0 Å². The molecule has 0 atom stereocenters. The van der Waals surface area contributed by atoms with E-state index >= 15 is 0 Å². The summed E-state index contributed by atoms with van der Waals surface area (Å²) in [4.78, 5) is 50.5. The molecular formula is C32H14Cl4N8O2Si. The summed E-state index contributed by atoms with van der Waals surface area (Å²) < 4.78 is 6.06. The molecule has 6 aliphatic rings. The van der Waals surface area contributed by atoms with Crippen molar-refractivity contribution in [1.82, 2.24) is 8.47 Å². The van der Waals surface area contributed by atoms with E-state index in [-0.39, 0.29) is 23.0 Å². The van der Waals surface area contributed by atoms with Crippen molar-refractivity contribution in [2.75, 3.05) is 0 Å². The molecule has 0 unspecified atom stereocenters. The fourth-order valence-corrected chi connectivity index (χ4v) is 15.8. The van der Waals surface area contributed by atoms with Crippen LogP contribution < -0.4 is 11.0 Å². The molecule has 2 N–H and O–H groups in total. The fourth-order valence-electron chi connectivity index (χ4n) is 8.73. The van der Waals surface area contributed by atoms with E-state index in [0.717, 1.165) is 0 Å². The molecule has 0 saturated carbocycles. The van der Waals surface area contributed by atoms with E-state index in [9.17, 15) is 9.59 Å². The zero-order valence-corrected chi connectivity index (χ0v) is 27.4. The Morgan fingerprint density at radius 3 is 1.72 bits per heavy atom. The third-order valence-corrected chi connectivity index (χ3v) is 17.0. The maximum absolute atomic E-state index is 14.9. The van der Waals surface area contributed by atoms with Crippen molar-refractivity contribution in [3.05, 3.63) is 126 Å². The van der Waals surface area contributed by atoms with Crippen LogP contribution in [0.4, 0.5) is 11.6 Å². The Hall–Kier alpha value is -4.46. The summed E-state index contributed by atoms with van der Waals surface area (Å²) in [6.07, 6.45) is 0. The number of amidine groups is 4. The number of rotatable bonds is 0. The van der Waals surface area contributed by atoms with E-state index in [4.69, 9.17) is 66.4 Å². The maximum atomic E-state index is 14.9. The minimum atomic E-state index is -7.24. The number of benzene rings is 4. The molecule has 12 rings (SSSR count). The minimum absolute atomic E-state index is 0.285. The Bertz CT molecular complexity index is 3040. The van der Waals surface area contributed by atoms with Gasteiger partial charge in [0.15, 0.2) is 0 Å². The molecule has 4 aromatic carbocycles. The molecular weight excluding hydrogens is 698 g/mol. The van der Waals surface area contributed by atoms with Gasteiger partial charge in [-0.1, -0.05) is 0 Å². The molecule has 226 valence electrons. The predicted octanol–water partition coefficient (Wildman–Crippen LogP) is 4.92. The molecule has 2 aromatic heterocycles. The zero-order chi connectivity index (χ0) is 31.6. The summed E-state index contributed by atoms with van der Waals surface area (Å²) in [5.74, 6) is 1.75. The number of aliphatic imine (C=N–C) groups is 2. The van der Waals surface area contributed by atoms with Gasteiger partial charge in [0, 0.05) is 0 Å². The molecule has 47 heavy (non-hydrogen) atoms. The first-order chi connectivity index (χ1) is 22.5. The van der Waals surface area contributed by atoms with Crippen molar-refractivity contribution in [1.29, 1.82) is 0 Å². The van der Waals surface area contributed by atoms with Crippen molar-refractivity contribution >= 4 is 111 Å². The van der Waals surface area contributed by atoms with E-state index in [1.807, 2.05) is 24.3 Å². The van der Waals surface area contributed by atoms with Crippen LogP contribution in [-0.4, -0.2) is 57.6 Å². The van der Waals surface area contributed by atoms with E-state index < -0.39 is 7.76 Å². The van der Waals surface area contributed by atoms with Crippen molar-refractivity contribution < 1.29 is 18.1 Å². The Labute approximate surface area is 282 Å². The number of fused-ring (bicyclic) bond motifs is 12. The van der Waals surface area contributed by atoms with Gasteiger partial charge < -0.3 is 0 Å². The quantitative estimate of drug-likeness (QED) is 0.219. The van der Waals surface area contributed by atoms with Gasteiger partial charge in [-0.25, -0.2) is 0 Å². The molecule has 0 radical (unpaired) electrons. The first-order valence-electron chi connectivity index (χ1n) is 14.6. The van der Waals surface area contributed by atoms with Crippen LogP contribution in [0.15, 0.2) is 92.8 Å². The molecule has 0 amide bonds. The molecule has 6 aliphatic heterocycles. The first-order valence-corrected chi connectivity index (χ1v) is 18.8. The summed E-state index contributed by atoms with van der Waals surface area (Å²) in [5, 5.41) is 4.32. The standard InChI is InChI=1S/C32H14Cl4N8O2Si/c33-13-1-5-17-21(9-13)29-38-26-19-7-3-15(35)11-23(19)31-40-28-20-8-4-16(36)12-24(20)32-39-27-18-6-2-14(34)10-22(18)30-37-25(17)41(29)47(45,46,42(27)30,43(26)31)44(28)32/h1-12,45-46H. The van der Waals surface area contributed by atoms with Gasteiger partial charge in [-0.2, -0.15) is 0 Å². The number of halogens is 4. The van der Waals surface area contributed by atoms with Gasteiger partial charge in [-0.3, -0.25) is 0 Å². The predicted molar refractivity (Wildman–Crippen MR) is 181 cm³/mol. The molecule has 6 aromatic rings. The van der Waals surface area contributed by atoms with Crippen LogP contribution in [0.1, 0.15) is 22.3 Å². The van der Waals surface area contributed by atoms with E-state index in [1.165, 1.54) is 16.9 Å². The average molecular weight is 712 g/mol. The third kappa shape index (κ3) is 2.31. The molecule has 0 saturated heterocycles. The van der Waals surface area contributed by atoms with Crippen molar-refractivity contribution in [3.8, 4) is 0 Å². The summed E-state index contributed by atoms with van der Waals surface area (Å²) >= 11 is 26.4. The normalized spacial score (nSPS) is 21.4. The van der Waals surface area contributed by atoms with E-state index in [2.05, 4.69) is 0 Å². The Kier molecular flexibility index (Phi) is 3.83. The summed E-state index contributed by atoms with van der Waals surface area (Å²) in [5.41, 5.74) is 3.06. The van der Waals surface area contributed by atoms with E-state index in [1.54, 1.807) is 48.5 Å². The molecule has 10 nitrogen and oxygen atoms in total. The molecule has 0 aliphatic carbocycles. The summed E-state index contributed by atoms with van der Waals surface area (Å²) in [6.45, 7) is 0. The zero-order valence-electron chi connectivity index (χ0n) is 23.4. The summed E-state index contributed by atoms with van der Waals surface area (Å²) in [6, 6.07) is 21.4. The second-order valence-electron chi connectivity index (χ2n) is 12.6. The van der Waals surface area contributed by atoms with Gasteiger partial charge >= 0.3 is 283 Å². The van der Waals surface area contributed by atoms with Crippen LogP contribution >= 0.6 is 46.4 Å². The van der Waals surface area contributed by atoms with E-state index in [0.29, 0.717) is 86.9 Å². The topological polar surface area (TPSA) is 106 Å². The average Bonchev–Trinajstić information content (AvgIpc) is 3.72. The SMILES string of the molecule is O[Si-2]123(O)n4c5c6cc(Cl)ccc6c4N=C4c6cc(Cl)ccc6C(=[N+]41)N=c1c4cc(Cl)ccc4c(n12)=NC1=[N+]3C(=N5)c2ccc(Cl)cc21. The van der Waals surface area contributed by atoms with Crippen molar-refractivity contribution in [3.63, 3.8) is 0 Å². The molecule has 8 heterocycles. The van der Waals surface area contributed by atoms with Crippen LogP contribution in [0.3, 0.4) is 0 Å². The second-order valence-corrected chi connectivity index (χ2v) is 19.2. The first kappa shape index (κ1) is 25.6. The third-order valence-electron chi connectivity index (χ3n) is 10.4. The van der Waals surface area contributed by atoms with Gasteiger partial charge in [-0.05, 0) is 0 Å². The fraction of sp³-hybridized carbons (Fsp3) is 0. The Balaban J connectivity index is 1.48.